The number of hydrogen-bond acceptors (Lipinski definition) is 3. The smallest absolute Gasteiger partial charge is 0.265 e. The van der Waals surface area contributed by atoms with Gasteiger partial charge in [-0.15, -0.1) is 0 Å². The van der Waals surface area contributed by atoms with Gasteiger partial charge < -0.3 is 0 Å². The van der Waals surface area contributed by atoms with Crippen LogP contribution in [0.25, 0.3) is 0 Å². The summed E-state index contributed by atoms with van der Waals surface area (Å²) in [4.78, 5) is 13.8. The molecule has 1 aromatic carbocycles. The van der Waals surface area contributed by atoms with Crippen LogP contribution in [-0.2, 0) is 6.54 Å². The Morgan fingerprint density at radius 1 is 1.44 bits per heavy atom. The molecule has 0 bridgehead atoms. The summed E-state index contributed by atoms with van der Waals surface area (Å²) in [6.45, 7) is 5.62. The van der Waals surface area contributed by atoms with Crippen LogP contribution in [0.1, 0.15) is 35.7 Å². The third kappa shape index (κ3) is 3.31. The first-order valence-electron chi connectivity index (χ1n) is 6.51. The predicted octanol–water partition coefficient (Wildman–Crippen LogP) is 1.52. The molecule has 18 heavy (non-hydrogen) atoms. The molecule has 1 fully saturated rings. The van der Waals surface area contributed by atoms with Gasteiger partial charge in [-0.3, -0.25) is 15.1 Å². The standard InChI is InChI=1S/C14H21N3O/c1-11-3-2-8-17(9-11)10-12-4-6-13(7-5-12)14(18)16-15/h4-7,11H,2-3,8-10,15H2,1H3,(H,16,18). The molecule has 1 aromatic rings. The second-order valence-electron chi connectivity index (χ2n) is 5.15. The molecule has 2 rings (SSSR count). The number of rotatable bonds is 3. The van der Waals surface area contributed by atoms with Crippen molar-refractivity contribution in [2.45, 2.75) is 26.3 Å². The van der Waals surface area contributed by atoms with E-state index >= 15 is 0 Å². The molecule has 1 aliphatic rings. The molecule has 1 aliphatic heterocycles. The van der Waals surface area contributed by atoms with E-state index in [9.17, 15) is 4.79 Å². The van der Waals surface area contributed by atoms with Crippen molar-refractivity contribution < 1.29 is 4.79 Å². The van der Waals surface area contributed by atoms with Crippen molar-refractivity contribution in [1.29, 1.82) is 0 Å². The van der Waals surface area contributed by atoms with Crippen molar-refractivity contribution in [3.8, 4) is 0 Å². The third-order valence-corrected chi connectivity index (χ3v) is 3.49. The lowest BCUT2D eigenvalue weighted by Crippen LogP contribution is -2.33. The minimum atomic E-state index is -0.242. The molecule has 1 saturated heterocycles. The molecular weight excluding hydrogens is 226 g/mol. The van der Waals surface area contributed by atoms with E-state index in [4.69, 9.17) is 5.84 Å². The number of nitrogen functional groups attached to an aromatic ring is 1. The Bertz CT molecular complexity index is 402. The van der Waals surface area contributed by atoms with Crippen molar-refractivity contribution in [1.82, 2.24) is 10.3 Å². The van der Waals surface area contributed by atoms with Gasteiger partial charge in [0.2, 0.25) is 0 Å². The molecule has 1 unspecified atom stereocenters. The molecule has 0 radical (unpaired) electrons. The van der Waals surface area contributed by atoms with E-state index in [0.29, 0.717) is 5.56 Å². The molecule has 0 aromatic heterocycles. The predicted molar refractivity (Wildman–Crippen MR) is 71.8 cm³/mol. The Labute approximate surface area is 108 Å². The molecule has 1 heterocycles. The fourth-order valence-electron chi connectivity index (χ4n) is 2.53. The number of hydrazine groups is 1. The number of piperidine rings is 1. The zero-order chi connectivity index (χ0) is 13.0. The lowest BCUT2D eigenvalue weighted by atomic mass is 9.99. The molecule has 98 valence electrons. The maximum Gasteiger partial charge on any atom is 0.265 e. The fourth-order valence-corrected chi connectivity index (χ4v) is 2.53. The number of benzene rings is 1. The summed E-state index contributed by atoms with van der Waals surface area (Å²) < 4.78 is 0. The Morgan fingerprint density at radius 3 is 2.78 bits per heavy atom. The largest absolute Gasteiger partial charge is 0.299 e. The van der Waals surface area contributed by atoms with Gasteiger partial charge in [-0.05, 0) is 43.0 Å². The fraction of sp³-hybridized carbons (Fsp3) is 0.500. The van der Waals surface area contributed by atoms with Crippen molar-refractivity contribution in [3.63, 3.8) is 0 Å². The number of likely N-dealkylation sites (tertiary alicyclic amines) is 1. The maximum atomic E-state index is 11.3. The molecule has 1 amide bonds. The highest BCUT2D eigenvalue weighted by Gasteiger charge is 2.16. The summed E-state index contributed by atoms with van der Waals surface area (Å²) in [6, 6.07) is 7.66. The van der Waals surface area contributed by atoms with Gasteiger partial charge in [0.05, 0.1) is 0 Å². The minimum absolute atomic E-state index is 0.242. The van der Waals surface area contributed by atoms with E-state index in [0.717, 1.165) is 12.5 Å². The van der Waals surface area contributed by atoms with E-state index in [1.165, 1.54) is 31.5 Å². The first kappa shape index (κ1) is 13.1. The average Bonchev–Trinajstić information content (AvgIpc) is 2.39. The second kappa shape index (κ2) is 5.98. The molecule has 0 aliphatic carbocycles. The van der Waals surface area contributed by atoms with Crippen LogP contribution in [-0.4, -0.2) is 23.9 Å². The zero-order valence-electron chi connectivity index (χ0n) is 10.9. The van der Waals surface area contributed by atoms with Crippen LogP contribution in [0.3, 0.4) is 0 Å². The van der Waals surface area contributed by atoms with Gasteiger partial charge in [0.15, 0.2) is 0 Å². The van der Waals surface area contributed by atoms with Gasteiger partial charge in [-0.2, -0.15) is 0 Å². The van der Waals surface area contributed by atoms with Crippen LogP contribution in [0.2, 0.25) is 0 Å². The van der Waals surface area contributed by atoms with Crippen LogP contribution >= 0.6 is 0 Å². The first-order chi connectivity index (χ1) is 8.69. The summed E-state index contributed by atoms with van der Waals surface area (Å²) in [5.41, 5.74) is 3.99. The maximum absolute atomic E-state index is 11.3. The van der Waals surface area contributed by atoms with Crippen LogP contribution in [0.4, 0.5) is 0 Å². The Kier molecular flexibility index (Phi) is 4.33. The summed E-state index contributed by atoms with van der Waals surface area (Å²) in [5.74, 6) is 5.65. The Hall–Kier alpha value is -1.39. The molecule has 4 nitrogen and oxygen atoms in total. The molecule has 4 heteroatoms. The van der Waals surface area contributed by atoms with Crippen LogP contribution in [0, 0.1) is 5.92 Å². The Balaban J connectivity index is 1.95. The summed E-state index contributed by atoms with van der Waals surface area (Å²) >= 11 is 0. The number of amides is 1. The highest BCUT2D eigenvalue weighted by atomic mass is 16.2. The number of carbonyl (C=O) groups excluding carboxylic acids is 1. The van der Waals surface area contributed by atoms with Gasteiger partial charge in [-0.1, -0.05) is 19.1 Å². The number of carbonyl (C=O) groups is 1. The van der Waals surface area contributed by atoms with E-state index < -0.39 is 0 Å². The van der Waals surface area contributed by atoms with Gasteiger partial charge in [0, 0.05) is 18.7 Å². The molecule has 0 spiro atoms. The zero-order valence-corrected chi connectivity index (χ0v) is 10.9. The van der Waals surface area contributed by atoms with Crippen LogP contribution < -0.4 is 11.3 Å². The van der Waals surface area contributed by atoms with Crippen molar-refractivity contribution >= 4 is 5.91 Å². The normalized spacial score (nSPS) is 20.7. The summed E-state index contributed by atoms with van der Waals surface area (Å²) in [5, 5.41) is 0. The van der Waals surface area contributed by atoms with Crippen LogP contribution in [0.5, 0.6) is 0 Å². The number of hydrogen-bond donors (Lipinski definition) is 2. The van der Waals surface area contributed by atoms with E-state index in [-0.39, 0.29) is 5.91 Å². The average molecular weight is 247 g/mol. The third-order valence-electron chi connectivity index (χ3n) is 3.49. The van der Waals surface area contributed by atoms with E-state index in [1.54, 1.807) is 0 Å². The highest BCUT2D eigenvalue weighted by molar-refractivity contribution is 5.93. The second-order valence-corrected chi connectivity index (χ2v) is 5.15. The van der Waals surface area contributed by atoms with Crippen LogP contribution in [0.15, 0.2) is 24.3 Å². The first-order valence-corrected chi connectivity index (χ1v) is 6.51. The van der Waals surface area contributed by atoms with Gasteiger partial charge >= 0.3 is 0 Å². The van der Waals surface area contributed by atoms with Gasteiger partial charge in [0.1, 0.15) is 0 Å². The number of nitrogens with zero attached hydrogens (tertiary/aromatic N) is 1. The lowest BCUT2D eigenvalue weighted by molar-refractivity contribution is 0.0953. The molecular formula is C14H21N3O. The van der Waals surface area contributed by atoms with Gasteiger partial charge in [0.25, 0.3) is 5.91 Å². The molecule has 0 saturated carbocycles. The SMILES string of the molecule is CC1CCCN(Cc2ccc(C(=O)NN)cc2)C1. The topological polar surface area (TPSA) is 58.4 Å². The van der Waals surface area contributed by atoms with Crippen molar-refractivity contribution in [3.05, 3.63) is 35.4 Å². The molecule has 1 atom stereocenters. The lowest BCUT2D eigenvalue weighted by Gasteiger charge is -2.30. The number of nitrogens with one attached hydrogen (secondary N) is 1. The van der Waals surface area contributed by atoms with E-state index in [1.807, 2.05) is 24.3 Å². The summed E-state index contributed by atoms with van der Waals surface area (Å²) in [7, 11) is 0. The van der Waals surface area contributed by atoms with Crippen molar-refractivity contribution in [2.75, 3.05) is 13.1 Å². The monoisotopic (exact) mass is 247 g/mol. The minimum Gasteiger partial charge on any atom is -0.299 e. The van der Waals surface area contributed by atoms with Gasteiger partial charge in [-0.25, -0.2) is 5.84 Å². The number of nitrogens with two attached hydrogens (primary N) is 1. The summed E-state index contributed by atoms with van der Waals surface area (Å²) in [6.07, 6.45) is 2.63. The van der Waals surface area contributed by atoms with E-state index in [2.05, 4.69) is 17.2 Å². The quantitative estimate of drug-likeness (QED) is 0.484. The Morgan fingerprint density at radius 2 is 2.17 bits per heavy atom. The molecule has 3 N–H and O–H groups in total. The van der Waals surface area contributed by atoms with Crippen molar-refractivity contribution in [2.24, 2.45) is 11.8 Å². The highest BCUT2D eigenvalue weighted by Crippen LogP contribution is 2.17.